The van der Waals surface area contributed by atoms with Crippen LogP contribution >= 0.6 is 12.2 Å². The van der Waals surface area contributed by atoms with Gasteiger partial charge in [-0.25, -0.2) is 0 Å². The molecule has 0 amide bonds. The van der Waals surface area contributed by atoms with Crippen LogP contribution in [0.1, 0.15) is 26.7 Å². The third-order valence-corrected chi connectivity index (χ3v) is 2.80. The van der Waals surface area contributed by atoms with E-state index in [0.29, 0.717) is 17.8 Å². The smallest absolute Gasteiger partial charge is 0.170 e. The Morgan fingerprint density at radius 3 is 2.68 bits per heavy atom. The monoisotopic (exact) mass is 278 g/mol. The van der Waals surface area contributed by atoms with Crippen LogP contribution < -0.4 is 15.4 Å². The van der Waals surface area contributed by atoms with Gasteiger partial charge < -0.3 is 15.4 Å². The van der Waals surface area contributed by atoms with E-state index in [2.05, 4.69) is 31.1 Å². The molecule has 0 fully saturated rings. The molecule has 1 atom stereocenters. The lowest BCUT2D eigenvalue weighted by Gasteiger charge is -2.16. The fourth-order valence-corrected chi connectivity index (χ4v) is 2.00. The van der Waals surface area contributed by atoms with E-state index in [1.807, 2.05) is 24.3 Å². The second-order valence-electron chi connectivity index (χ2n) is 4.41. The molecule has 1 aromatic carbocycles. The second kappa shape index (κ2) is 8.53. The highest BCUT2D eigenvalue weighted by molar-refractivity contribution is 7.80. The van der Waals surface area contributed by atoms with Crippen molar-refractivity contribution >= 4 is 23.0 Å². The van der Waals surface area contributed by atoms with E-state index in [4.69, 9.17) is 17.0 Å². The molecule has 2 N–H and O–H groups in total. The highest BCUT2D eigenvalue weighted by Gasteiger charge is 2.03. The van der Waals surface area contributed by atoms with Crippen LogP contribution in [0.3, 0.4) is 0 Å². The Kier molecular flexibility index (Phi) is 6.97. The van der Waals surface area contributed by atoms with Gasteiger partial charge in [0.05, 0.1) is 0 Å². The molecule has 0 radical (unpaired) electrons. The first-order chi connectivity index (χ1) is 9.15. The summed E-state index contributed by atoms with van der Waals surface area (Å²) in [6.07, 6.45) is 3.97. The quantitative estimate of drug-likeness (QED) is 0.588. The van der Waals surface area contributed by atoms with Gasteiger partial charge in [-0.2, -0.15) is 0 Å². The van der Waals surface area contributed by atoms with Crippen molar-refractivity contribution in [3.05, 3.63) is 36.9 Å². The summed E-state index contributed by atoms with van der Waals surface area (Å²) in [5.74, 6) is 0.823. The molecular weight excluding hydrogens is 256 g/mol. The molecule has 0 bridgehead atoms. The zero-order valence-corrected chi connectivity index (χ0v) is 12.4. The van der Waals surface area contributed by atoms with Crippen molar-refractivity contribution in [2.24, 2.45) is 0 Å². The predicted octanol–water partition coefficient (Wildman–Crippen LogP) is 3.73. The SMILES string of the molecule is C=CCOc1ccc(NC(=S)N[C@@H](C)CCC)cc1. The Bertz CT molecular complexity index is 403. The first kappa shape index (κ1) is 15.5. The molecule has 0 aromatic heterocycles. The minimum atomic E-state index is 0.389. The molecule has 104 valence electrons. The summed E-state index contributed by atoms with van der Waals surface area (Å²) < 4.78 is 5.42. The number of benzene rings is 1. The normalized spacial score (nSPS) is 11.5. The van der Waals surface area contributed by atoms with Gasteiger partial charge in [-0.3, -0.25) is 0 Å². The summed E-state index contributed by atoms with van der Waals surface area (Å²) >= 11 is 5.26. The van der Waals surface area contributed by atoms with Gasteiger partial charge in [0, 0.05) is 11.7 Å². The number of nitrogens with one attached hydrogen (secondary N) is 2. The second-order valence-corrected chi connectivity index (χ2v) is 4.82. The van der Waals surface area contributed by atoms with Crippen molar-refractivity contribution in [1.82, 2.24) is 5.32 Å². The maximum absolute atomic E-state index is 5.42. The average molecular weight is 278 g/mol. The molecule has 0 heterocycles. The van der Waals surface area contributed by atoms with Crippen LogP contribution in [0.4, 0.5) is 5.69 Å². The van der Waals surface area contributed by atoms with Crippen LogP contribution in [0.25, 0.3) is 0 Å². The van der Waals surface area contributed by atoms with Crippen LogP contribution in [0, 0.1) is 0 Å². The molecule has 4 heteroatoms. The minimum absolute atomic E-state index is 0.389. The Morgan fingerprint density at radius 2 is 2.11 bits per heavy atom. The van der Waals surface area contributed by atoms with Crippen LogP contribution in [0.2, 0.25) is 0 Å². The van der Waals surface area contributed by atoms with Crippen LogP contribution in [0.5, 0.6) is 5.75 Å². The molecule has 0 unspecified atom stereocenters. The van der Waals surface area contributed by atoms with Crippen molar-refractivity contribution < 1.29 is 4.74 Å². The highest BCUT2D eigenvalue weighted by Crippen LogP contribution is 2.15. The summed E-state index contributed by atoms with van der Waals surface area (Å²) in [6, 6.07) is 8.09. The topological polar surface area (TPSA) is 33.3 Å². The van der Waals surface area contributed by atoms with Crippen molar-refractivity contribution in [1.29, 1.82) is 0 Å². The first-order valence-corrected chi connectivity index (χ1v) is 6.97. The number of hydrogen-bond acceptors (Lipinski definition) is 2. The molecule has 0 spiro atoms. The van der Waals surface area contributed by atoms with Gasteiger partial charge in [0.2, 0.25) is 0 Å². The maximum atomic E-state index is 5.42. The zero-order valence-electron chi connectivity index (χ0n) is 11.6. The molecule has 0 aliphatic rings. The van der Waals surface area contributed by atoms with Gasteiger partial charge >= 0.3 is 0 Å². The Balaban J connectivity index is 2.44. The van der Waals surface area contributed by atoms with E-state index in [-0.39, 0.29) is 0 Å². The molecule has 1 aromatic rings. The first-order valence-electron chi connectivity index (χ1n) is 6.57. The van der Waals surface area contributed by atoms with Crippen molar-refractivity contribution in [2.45, 2.75) is 32.7 Å². The van der Waals surface area contributed by atoms with E-state index in [0.717, 1.165) is 24.3 Å². The Hall–Kier alpha value is -1.55. The fraction of sp³-hybridized carbons (Fsp3) is 0.400. The van der Waals surface area contributed by atoms with Gasteiger partial charge in [-0.15, -0.1) is 0 Å². The van der Waals surface area contributed by atoms with E-state index < -0.39 is 0 Å². The van der Waals surface area contributed by atoms with Crippen molar-refractivity contribution in [3.63, 3.8) is 0 Å². The Labute approximate surface area is 121 Å². The highest BCUT2D eigenvalue weighted by atomic mass is 32.1. The minimum Gasteiger partial charge on any atom is -0.490 e. The van der Waals surface area contributed by atoms with E-state index in [1.54, 1.807) is 6.08 Å². The van der Waals surface area contributed by atoms with Crippen LogP contribution in [0.15, 0.2) is 36.9 Å². The molecule has 19 heavy (non-hydrogen) atoms. The summed E-state index contributed by atoms with van der Waals surface area (Å²) in [6.45, 7) is 8.42. The van der Waals surface area contributed by atoms with Crippen LogP contribution in [-0.2, 0) is 0 Å². The van der Waals surface area contributed by atoms with E-state index >= 15 is 0 Å². The van der Waals surface area contributed by atoms with Gasteiger partial charge in [0.25, 0.3) is 0 Å². The summed E-state index contributed by atoms with van der Waals surface area (Å²) in [5, 5.41) is 7.07. The third-order valence-electron chi connectivity index (χ3n) is 2.58. The molecule has 0 saturated heterocycles. The van der Waals surface area contributed by atoms with E-state index in [9.17, 15) is 0 Å². The van der Waals surface area contributed by atoms with Crippen molar-refractivity contribution in [2.75, 3.05) is 11.9 Å². The lowest BCUT2D eigenvalue weighted by atomic mass is 10.2. The van der Waals surface area contributed by atoms with Gasteiger partial charge in [-0.1, -0.05) is 26.0 Å². The largest absolute Gasteiger partial charge is 0.490 e. The molecular formula is C15H22N2OS. The predicted molar refractivity (Wildman–Crippen MR) is 85.9 cm³/mol. The number of thiocarbonyl (C=S) groups is 1. The molecule has 1 rings (SSSR count). The number of rotatable bonds is 7. The fourth-order valence-electron chi connectivity index (χ4n) is 1.69. The molecule has 0 saturated carbocycles. The average Bonchev–Trinajstić information content (AvgIpc) is 2.38. The van der Waals surface area contributed by atoms with Gasteiger partial charge in [0.15, 0.2) is 5.11 Å². The standard InChI is InChI=1S/C15H22N2OS/c1-4-6-12(3)16-15(19)17-13-7-9-14(10-8-13)18-11-5-2/h5,7-10,12H,2,4,6,11H2,1,3H3,(H2,16,17,19)/t12-/m0/s1. The van der Waals surface area contributed by atoms with Crippen LogP contribution in [-0.4, -0.2) is 17.8 Å². The van der Waals surface area contributed by atoms with Crippen molar-refractivity contribution in [3.8, 4) is 5.75 Å². The van der Waals surface area contributed by atoms with Gasteiger partial charge in [0.1, 0.15) is 12.4 Å². The molecule has 3 nitrogen and oxygen atoms in total. The molecule has 0 aliphatic heterocycles. The zero-order chi connectivity index (χ0) is 14.1. The Morgan fingerprint density at radius 1 is 1.42 bits per heavy atom. The molecule has 0 aliphatic carbocycles. The lowest BCUT2D eigenvalue weighted by Crippen LogP contribution is -2.35. The van der Waals surface area contributed by atoms with E-state index in [1.165, 1.54) is 0 Å². The summed E-state index contributed by atoms with van der Waals surface area (Å²) in [5.41, 5.74) is 0.951. The summed E-state index contributed by atoms with van der Waals surface area (Å²) in [4.78, 5) is 0. The number of ether oxygens (including phenoxy) is 1. The maximum Gasteiger partial charge on any atom is 0.170 e. The number of anilines is 1. The van der Waals surface area contributed by atoms with Gasteiger partial charge in [-0.05, 0) is 49.8 Å². The summed E-state index contributed by atoms with van der Waals surface area (Å²) in [7, 11) is 0. The lowest BCUT2D eigenvalue weighted by molar-refractivity contribution is 0.363. The third kappa shape index (κ3) is 6.25. The number of hydrogen-bond donors (Lipinski definition) is 2.